The van der Waals surface area contributed by atoms with E-state index in [1.54, 1.807) is 0 Å². The molecule has 0 saturated heterocycles. The van der Waals surface area contributed by atoms with Gasteiger partial charge in [0.15, 0.2) is 0 Å². The molecule has 3 nitrogen and oxygen atoms in total. The Balaban J connectivity index is 1.83. The second-order valence-corrected chi connectivity index (χ2v) is 6.89. The van der Waals surface area contributed by atoms with Crippen molar-refractivity contribution < 1.29 is 0 Å². The molecule has 1 aliphatic carbocycles. The molecule has 0 radical (unpaired) electrons. The van der Waals surface area contributed by atoms with Gasteiger partial charge in [0.25, 0.3) is 0 Å². The summed E-state index contributed by atoms with van der Waals surface area (Å²) in [5.41, 5.74) is 2.39. The van der Waals surface area contributed by atoms with Gasteiger partial charge in [0.05, 0.1) is 5.69 Å². The Labute approximate surface area is 125 Å². The van der Waals surface area contributed by atoms with Crippen LogP contribution in [0.1, 0.15) is 42.8 Å². The first-order chi connectivity index (χ1) is 9.69. The Kier molecular flexibility index (Phi) is 3.94. The number of hydrogen-bond acceptors (Lipinski definition) is 3. The molecule has 2 aromatic heterocycles. The highest BCUT2D eigenvalue weighted by molar-refractivity contribution is 7.15. The average Bonchev–Trinajstić information content (AvgIpc) is 3.03. The van der Waals surface area contributed by atoms with Crippen LogP contribution in [0, 0.1) is 12.8 Å². The van der Waals surface area contributed by atoms with Gasteiger partial charge in [-0.15, -0.1) is 11.3 Å². The number of hydrogen-bond donors (Lipinski definition) is 1. The molecule has 3 rings (SSSR count). The molecule has 0 aliphatic heterocycles. The molecule has 20 heavy (non-hydrogen) atoms. The normalized spacial score (nSPS) is 16.6. The molecule has 2 aromatic rings. The third-order valence-electron chi connectivity index (χ3n) is 3.92. The Morgan fingerprint density at radius 3 is 2.85 bits per heavy atom. The molecule has 0 amide bonds. The molecule has 1 atom stereocenters. The fraction of sp³-hybridized carbons (Fsp3) is 0.562. The summed E-state index contributed by atoms with van der Waals surface area (Å²) in [4.78, 5) is 2.83. The zero-order valence-corrected chi connectivity index (χ0v) is 13.3. The zero-order valence-electron chi connectivity index (χ0n) is 12.5. The Morgan fingerprint density at radius 2 is 2.25 bits per heavy atom. The van der Waals surface area contributed by atoms with E-state index in [4.69, 9.17) is 0 Å². The Morgan fingerprint density at radius 1 is 1.45 bits per heavy atom. The van der Waals surface area contributed by atoms with E-state index in [9.17, 15) is 0 Å². The quantitative estimate of drug-likeness (QED) is 0.874. The topological polar surface area (TPSA) is 29.9 Å². The molecule has 2 heterocycles. The van der Waals surface area contributed by atoms with Crippen LogP contribution in [0.3, 0.4) is 0 Å². The van der Waals surface area contributed by atoms with Crippen molar-refractivity contribution in [3.63, 3.8) is 0 Å². The molecular formula is C16H23N3S. The van der Waals surface area contributed by atoms with Crippen molar-refractivity contribution in [3.05, 3.63) is 28.9 Å². The van der Waals surface area contributed by atoms with Gasteiger partial charge in [-0.25, -0.2) is 0 Å². The lowest BCUT2D eigenvalue weighted by molar-refractivity contribution is 0.488. The maximum absolute atomic E-state index is 4.45. The standard InChI is InChI=1S/C16H23N3S/c1-4-9-17-16(12-5-6-12)15-8-7-14(20-15)13-10-19(3)18-11(13)2/h7-8,10,12,16-17H,4-6,9H2,1-3H3. The lowest BCUT2D eigenvalue weighted by Crippen LogP contribution is -2.22. The summed E-state index contributed by atoms with van der Waals surface area (Å²) in [6.45, 7) is 5.43. The van der Waals surface area contributed by atoms with E-state index in [-0.39, 0.29) is 0 Å². The van der Waals surface area contributed by atoms with Crippen LogP contribution < -0.4 is 5.32 Å². The van der Waals surface area contributed by atoms with Gasteiger partial charge in [-0.3, -0.25) is 4.68 Å². The molecular weight excluding hydrogens is 266 g/mol. The highest BCUT2D eigenvalue weighted by Gasteiger charge is 2.32. The third-order valence-corrected chi connectivity index (χ3v) is 5.12. The summed E-state index contributed by atoms with van der Waals surface area (Å²) in [6.07, 6.45) is 6.07. The van der Waals surface area contributed by atoms with Crippen molar-refractivity contribution in [3.8, 4) is 10.4 Å². The SMILES string of the molecule is CCCNC(c1ccc(-c2cn(C)nc2C)s1)C1CC1. The lowest BCUT2D eigenvalue weighted by atomic mass is 10.1. The number of nitrogens with one attached hydrogen (secondary N) is 1. The second-order valence-electron chi connectivity index (χ2n) is 5.77. The summed E-state index contributed by atoms with van der Waals surface area (Å²) in [5, 5.41) is 8.17. The third kappa shape index (κ3) is 2.81. The first kappa shape index (κ1) is 13.8. The van der Waals surface area contributed by atoms with Gasteiger partial charge in [0.2, 0.25) is 0 Å². The van der Waals surface area contributed by atoms with E-state index in [0.717, 1.165) is 18.2 Å². The van der Waals surface area contributed by atoms with Crippen LogP contribution in [-0.4, -0.2) is 16.3 Å². The van der Waals surface area contributed by atoms with Gasteiger partial charge in [0.1, 0.15) is 0 Å². The predicted molar refractivity (Wildman–Crippen MR) is 85.0 cm³/mol. The van der Waals surface area contributed by atoms with Gasteiger partial charge in [-0.05, 0) is 50.8 Å². The van der Waals surface area contributed by atoms with Crippen molar-refractivity contribution in [2.75, 3.05) is 6.54 Å². The maximum Gasteiger partial charge on any atom is 0.0680 e. The average molecular weight is 289 g/mol. The highest BCUT2D eigenvalue weighted by Crippen LogP contribution is 2.44. The fourth-order valence-electron chi connectivity index (χ4n) is 2.74. The summed E-state index contributed by atoms with van der Waals surface area (Å²) in [6, 6.07) is 5.12. The molecule has 1 fully saturated rings. The van der Waals surface area contributed by atoms with Crippen LogP contribution >= 0.6 is 11.3 Å². The van der Waals surface area contributed by atoms with E-state index in [2.05, 4.69) is 42.6 Å². The minimum atomic E-state index is 0.561. The van der Waals surface area contributed by atoms with Gasteiger partial charge in [-0.2, -0.15) is 5.10 Å². The number of nitrogens with zero attached hydrogens (tertiary/aromatic N) is 2. The van der Waals surface area contributed by atoms with E-state index in [1.165, 1.54) is 34.6 Å². The van der Waals surface area contributed by atoms with E-state index < -0.39 is 0 Å². The summed E-state index contributed by atoms with van der Waals surface area (Å²) < 4.78 is 1.90. The van der Waals surface area contributed by atoms with Crippen molar-refractivity contribution in [2.45, 2.75) is 39.2 Å². The van der Waals surface area contributed by atoms with Crippen molar-refractivity contribution in [1.29, 1.82) is 0 Å². The molecule has 1 aliphatic rings. The van der Waals surface area contributed by atoms with Crippen molar-refractivity contribution in [1.82, 2.24) is 15.1 Å². The maximum atomic E-state index is 4.45. The van der Waals surface area contributed by atoms with Crippen LogP contribution in [0.2, 0.25) is 0 Å². The van der Waals surface area contributed by atoms with Crippen LogP contribution in [0.15, 0.2) is 18.3 Å². The summed E-state index contributed by atoms with van der Waals surface area (Å²) in [5.74, 6) is 0.850. The van der Waals surface area contributed by atoms with E-state index >= 15 is 0 Å². The molecule has 1 saturated carbocycles. The van der Waals surface area contributed by atoms with E-state index in [1.807, 2.05) is 23.1 Å². The first-order valence-electron chi connectivity index (χ1n) is 7.52. The molecule has 1 unspecified atom stereocenters. The first-order valence-corrected chi connectivity index (χ1v) is 8.34. The van der Waals surface area contributed by atoms with Crippen LogP contribution in [-0.2, 0) is 7.05 Å². The molecule has 4 heteroatoms. The minimum absolute atomic E-state index is 0.561. The number of thiophene rings is 1. The predicted octanol–water partition coefficient (Wildman–Crippen LogP) is 3.91. The Bertz CT molecular complexity index is 580. The van der Waals surface area contributed by atoms with Gasteiger partial charge < -0.3 is 5.32 Å². The van der Waals surface area contributed by atoms with Crippen LogP contribution in [0.25, 0.3) is 10.4 Å². The second kappa shape index (κ2) is 5.70. The minimum Gasteiger partial charge on any atom is -0.309 e. The van der Waals surface area contributed by atoms with Gasteiger partial charge >= 0.3 is 0 Å². The van der Waals surface area contributed by atoms with Gasteiger partial charge in [0, 0.05) is 34.6 Å². The molecule has 1 N–H and O–H groups in total. The monoisotopic (exact) mass is 289 g/mol. The van der Waals surface area contributed by atoms with E-state index in [0.29, 0.717) is 6.04 Å². The number of rotatable bonds is 6. The molecule has 0 bridgehead atoms. The number of aryl methyl sites for hydroxylation is 2. The molecule has 0 spiro atoms. The van der Waals surface area contributed by atoms with Crippen molar-refractivity contribution >= 4 is 11.3 Å². The Hall–Kier alpha value is -1.13. The largest absolute Gasteiger partial charge is 0.309 e. The molecule has 0 aromatic carbocycles. The smallest absolute Gasteiger partial charge is 0.0680 e. The zero-order chi connectivity index (χ0) is 14.1. The van der Waals surface area contributed by atoms with Crippen LogP contribution in [0.5, 0.6) is 0 Å². The summed E-state index contributed by atoms with van der Waals surface area (Å²) in [7, 11) is 1.99. The van der Waals surface area contributed by atoms with Gasteiger partial charge in [-0.1, -0.05) is 6.92 Å². The summed E-state index contributed by atoms with van der Waals surface area (Å²) >= 11 is 1.92. The lowest BCUT2D eigenvalue weighted by Gasteiger charge is -2.16. The fourth-order valence-corrected chi connectivity index (χ4v) is 3.97. The molecule has 108 valence electrons. The number of aromatic nitrogens is 2. The van der Waals surface area contributed by atoms with Crippen molar-refractivity contribution in [2.24, 2.45) is 13.0 Å². The van der Waals surface area contributed by atoms with Crippen LogP contribution in [0.4, 0.5) is 0 Å². The highest BCUT2D eigenvalue weighted by atomic mass is 32.1.